The molecule has 1 aromatic heterocycles. The van der Waals surface area contributed by atoms with Gasteiger partial charge < -0.3 is 4.74 Å². The molecule has 1 heterocycles. The molecule has 1 aromatic carbocycles. The molecule has 5 nitrogen and oxygen atoms in total. The van der Waals surface area contributed by atoms with Gasteiger partial charge in [0, 0.05) is 11.3 Å². The van der Waals surface area contributed by atoms with Crippen LogP contribution in [0, 0.1) is 25.2 Å². The second-order valence-corrected chi connectivity index (χ2v) is 4.83. The third kappa shape index (κ3) is 3.29. The van der Waals surface area contributed by atoms with Crippen molar-refractivity contribution in [2.24, 2.45) is 0 Å². The van der Waals surface area contributed by atoms with Crippen molar-refractivity contribution < 1.29 is 9.53 Å². The van der Waals surface area contributed by atoms with Crippen molar-refractivity contribution in [3.63, 3.8) is 0 Å². The van der Waals surface area contributed by atoms with Crippen LogP contribution < -0.4 is 0 Å². The number of nitrogens with zero attached hydrogens (tertiary/aromatic N) is 3. The molecule has 0 radical (unpaired) electrons. The fraction of sp³-hybridized carbons (Fsp3) is 0.312. The Bertz CT molecular complexity index is 684. The number of carbonyl (C=O) groups is 1. The van der Waals surface area contributed by atoms with Crippen molar-refractivity contribution in [1.29, 1.82) is 5.26 Å². The zero-order valence-corrected chi connectivity index (χ0v) is 12.3. The van der Waals surface area contributed by atoms with Crippen molar-refractivity contribution in [2.75, 3.05) is 0 Å². The van der Waals surface area contributed by atoms with E-state index in [9.17, 15) is 4.79 Å². The summed E-state index contributed by atoms with van der Waals surface area (Å²) < 4.78 is 6.80. The number of rotatable bonds is 4. The van der Waals surface area contributed by atoms with Gasteiger partial charge in [0.1, 0.15) is 6.07 Å². The van der Waals surface area contributed by atoms with Gasteiger partial charge in [-0.3, -0.25) is 4.79 Å². The molecule has 0 fully saturated rings. The Balaban J connectivity index is 2.25. The predicted octanol–water partition coefficient (Wildman–Crippen LogP) is 2.49. The average Bonchev–Trinajstić information content (AvgIpc) is 2.76. The van der Waals surface area contributed by atoms with Gasteiger partial charge in [0.15, 0.2) is 6.10 Å². The lowest BCUT2D eigenvalue weighted by atomic mass is 10.1. The Morgan fingerprint density at radius 2 is 2.05 bits per heavy atom. The van der Waals surface area contributed by atoms with E-state index in [1.165, 1.54) is 0 Å². The zero-order valence-electron chi connectivity index (χ0n) is 12.3. The lowest BCUT2D eigenvalue weighted by Gasteiger charge is -2.07. The summed E-state index contributed by atoms with van der Waals surface area (Å²) in [5.74, 6) is -0.414. The Hall–Kier alpha value is -2.61. The van der Waals surface area contributed by atoms with Gasteiger partial charge in [-0.15, -0.1) is 0 Å². The van der Waals surface area contributed by atoms with Gasteiger partial charge >= 0.3 is 5.97 Å². The summed E-state index contributed by atoms with van der Waals surface area (Å²) in [7, 11) is 0. The standard InChI is InChI=1S/C16H17N3O2/c1-11(10-17)21-16(20)9-15-12(2)18-19(13(15)3)14-7-5-4-6-8-14/h4-8,11H,9H2,1-3H3/t11-/m1/s1. The molecular formula is C16H17N3O2. The molecule has 0 aliphatic carbocycles. The molecular weight excluding hydrogens is 266 g/mol. The molecule has 2 rings (SSSR count). The quantitative estimate of drug-likeness (QED) is 0.808. The van der Waals surface area contributed by atoms with Gasteiger partial charge in [0.05, 0.1) is 17.8 Å². The Morgan fingerprint density at radius 1 is 1.38 bits per heavy atom. The Morgan fingerprint density at radius 3 is 2.67 bits per heavy atom. The molecule has 0 N–H and O–H groups in total. The summed E-state index contributed by atoms with van der Waals surface area (Å²) in [6.07, 6.45) is -0.612. The van der Waals surface area contributed by atoms with Gasteiger partial charge in [-0.2, -0.15) is 10.4 Å². The fourth-order valence-corrected chi connectivity index (χ4v) is 2.16. The maximum Gasteiger partial charge on any atom is 0.311 e. The van der Waals surface area contributed by atoms with Gasteiger partial charge in [0.25, 0.3) is 0 Å². The van der Waals surface area contributed by atoms with Crippen molar-refractivity contribution in [3.8, 4) is 11.8 Å². The highest BCUT2D eigenvalue weighted by Gasteiger charge is 2.17. The van der Waals surface area contributed by atoms with Crippen LogP contribution in [0.15, 0.2) is 30.3 Å². The largest absolute Gasteiger partial charge is 0.447 e. The van der Waals surface area contributed by atoms with E-state index in [1.54, 1.807) is 6.92 Å². The smallest absolute Gasteiger partial charge is 0.311 e. The first-order chi connectivity index (χ1) is 10.0. The van der Waals surface area contributed by atoms with Gasteiger partial charge in [0.2, 0.25) is 0 Å². The van der Waals surface area contributed by atoms with Gasteiger partial charge in [-0.25, -0.2) is 4.68 Å². The molecule has 0 unspecified atom stereocenters. The van der Waals surface area contributed by atoms with Crippen LogP contribution in [-0.2, 0) is 16.0 Å². The number of aromatic nitrogens is 2. The molecule has 2 aromatic rings. The minimum atomic E-state index is -0.734. The first-order valence-corrected chi connectivity index (χ1v) is 6.72. The molecule has 5 heteroatoms. The molecule has 1 atom stereocenters. The summed E-state index contributed by atoms with van der Waals surface area (Å²) >= 11 is 0. The number of ether oxygens (including phenoxy) is 1. The maximum absolute atomic E-state index is 11.8. The third-order valence-electron chi connectivity index (χ3n) is 3.25. The Labute approximate surface area is 123 Å². The maximum atomic E-state index is 11.8. The lowest BCUT2D eigenvalue weighted by molar-refractivity contribution is -0.145. The molecule has 0 amide bonds. The van der Waals surface area contributed by atoms with E-state index in [4.69, 9.17) is 10.00 Å². The summed E-state index contributed by atoms with van der Waals surface area (Å²) in [6.45, 7) is 5.33. The minimum absolute atomic E-state index is 0.122. The number of nitriles is 1. The van der Waals surface area contributed by atoms with Crippen LogP contribution in [-0.4, -0.2) is 21.9 Å². The minimum Gasteiger partial charge on any atom is -0.447 e. The molecule has 0 spiro atoms. The van der Waals surface area contributed by atoms with Crippen molar-refractivity contribution in [2.45, 2.75) is 33.3 Å². The zero-order chi connectivity index (χ0) is 15.4. The van der Waals surface area contributed by atoms with E-state index in [-0.39, 0.29) is 6.42 Å². The third-order valence-corrected chi connectivity index (χ3v) is 3.25. The highest BCUT2D eigenvalue weighted by molar-refractivity contribution is 5.73. The number of carbonyl (C=O) groups excluding carboxylic acids is 1. The average molecular weight is 283 g/mol. The van der Waals surface area contributed by atoms with E-state index < -0.39 is 12.1 Å². The van der Waals surface area contributed by atoms with Crippen molar-refractivity contribution in [3.05, 3.63) is 47.3 Å². The van der Waals surface area contributed by atoms with E-state index in [1.807, 2.05) is 54.9 Å². The van der Waals surface area contributed by atoms with E-state index >= 15 is 0 Å². The van der Waals surface area contributed by atoms with Crippen LogP contribution in [0.2, 0.25) is 0 Å². The summed E-state index contributed by atoms with van der Waals surface area (Å²) in [5.41, 5.74) is 3.48. The highest BCUT2D eigenvalue weighted by Crippen LogP contribution is 2.18. The number of esters is 1. The van der Waals surface area contributed by atoms with Crippen LogP contribution in [0.1, 0.15) is 23.9 Å². The predicted molar refractivity (Wildman–Crippen MR) is 77.9 cm³/mol. The summed E-state index contributed by atoms with van der Waals surface area (Å²) in [4.78, 5) is 11.8. The molecule has 108 valence electrons. The first-order valence-electron chi connectivity index (χ1n) is 6.72. The first kappa shape index (κ1) is 14.8. The van der Waals surface area contributed by atoms with Crippen molar-refractivity contribution in [1.82, 2.24) is 9.78 Å². The Kier molecular flexibility index (Phi) is 4.39. The van der Waals surface area contributed by atoms with Crippen LogP contribution >= 0.6 is 0 Å². The molecule has 0 saturated carbocycles. The fourth-order valence-electron chi connectivity index (χ4n) is 2.16. The van der Waals surface area contributed by atoms with Gasteiger partial charge in [-0.1, -0.05) is 18.2 Å². The topological polar surface area (TPSA) is 67.9 Å². The summed E-state index contributed by atoms with van der Waals surface area (Å²) in [5, 5.41) is 13.1. The van der Waals surface area contributed by atoms with E-state index in [0.717, 1.165) is 22.6 Å². The van der Waals surface area contributed by atoms with E-state index in [2.05, 4.69) is 5.10 Å². The second-order valence-electron chi connectivity index (χ2n) is 4.83. The molecule has 0 bridgehead atoms. The number of benzene rings is 1. The van der Waals surface area contributed by atoms with Crippen LogP contribution in [0.5, 0.6) is 0 Å². The second kappa shape index (κ2) is 6.23. The highest BCUT2D eigenvalue weighted by atomic mass is 16.5. The van der Waals surface area contributed by atoms with E-state index in [0.29, 0.717) is 0 Å². The normalized spacial score (nSPS) is 11.7. The molecule has 0 aliphatic rings. The summed E-state index contributed by atoms with van der Waals surface area (Å²) in [6, 6.07) is 11.6. The number of para-hydroxylation sites is 1. The number of aryl methyl sites for hydroxylation is 1. The van der Waals surface area contributed by atoms with Crippen LogP contribution in [0.4, 0.5) is 0 Å². The van der Waals surface area contributed by atoms with Crippen LogP contribution in [0.25, 0.3) is 5.69 Å². The molecule has 0 saturated heterocycles. The SMILES string of the molecule is Cc1nn(-c2ccccc2)c(C)c1CC(=O)O[C@H](C)C#N. The van der Waals surface area contributed by atoms with Crippen molar-refractivity contribution >= 4 is 5.97 Å². The number of hydrogen-bond donors (Lipinski definition) is 0. The number of hydrogen-bond acceptors (Lipinski definition) is 4. The lowest BCUT2D eigenvalue weighted by Crippen LogP contribution is -2.15. The molecule has 21 heavy (non-hydrogen) atoms. The monoisotopic (exact) mass is 283 g/mol. The molecule has 0 aliphatic heterocycles. The van der Waals surface area contributed by atoms with Gasteiger partial charge in [-0.05, 0) is 32.9 Å². The van der Waals surface area contributed by atoms with Crippen LogP contribution in [0.3, 0.4) is 0 Å².